The third kappa shape index (κ3) is 3.67. The van der Waals surface area contributed by atoms with Crippen LogP contribution >= 0.6 is 0 Å². The van der Waals surface area contributed by atoms with Crippen LogP contribution in [0.15, 0.2) is 58.3 Å². The van der Waals surface area contributed by atoms with Crippen LogP contribution in [0, 0.1) is 0 Å². The lowest BCUT2D eigenvalue weighted by Gasteiger charge is -2.18. The molecule has 1 N–H and O–H groups in total. The van der Waals surface area contributed by atoms with Crippen molar-refractivity contribution in [3.63, 3.8) is 0 Å². The smallest absolute Gasteiger partial charge is 0.258 e. The van der Waals surface area contributed by atoms with Crippen LogP contribution in [0.4, 0.5) is 5.69 Å². The van der Waals surface area contributed by atoms with E-state index in [0.717, 1.165) is 15.4 Å². The van der Waals surface area contributed by atoms with Crippen LogP contribution in [0.25, 0.3) is 6.08 Å². The molecule has 0 heterocycles. The highest BCUT2D eigenvalue weighted by Gasteiger charge is 2.23. The molecule has 0 saturated carbocycles. The molecule has 0 radical (unpaired) electrons. The second-order valence-electron chi connectivity index (χ2n) is 6.23. The molecule has 1 aliphatic carbocycles. The molecule has 2 aromatic carbocycles. The van der Waals surface area contributed by atoms with Gasteiger partial charge < -0.3 is 0 Å². The van der Waals surface area contributed by atoms with Crippen molar-refractivity contribution in [1.82, 2.24) is 4.31 Å². The molecule has 1 aliphatic rings. The van der Waals surface area contributed by atoms with Crippen LogP contribution in [0.1, 0.15) is 17.5 Å². The van der Waals surface area contributed by atoms with Gasteiger partial charge >= 0.3 is 0 Å². The molecule has 138 valence electrons. The number of hydrogen-bond acceptors (Lipinski definition) is 4. The second kappa shape index (κ2) is 6.86. The predicted molar refractivity (Wildman–Crippen MR) is 103 cm³/mol. The first-order valence-electron chi connectivity index (χ1n) is 8.04. The van der Waals surface area contributed by atoms with Crippen LogP contribution in [0.2, 0.25) is 0 Å². The summed E-state index contributed by atoms with van der Waals surface area (Å²) in [4.78, 5) is 0.322. The summed E-state index contributed by atoms with van der Waals surface area (Å²) in [6, 6.07) is 13.5. The minimum atomic E-state index is -3.76. The molecule has 0 unspecified atom stereocenters. The maximum atomic E-state index is 12.7. The highest BCUT2D eigenvalue weighted by atomic mass is 32.2. The molecule has 0 fully saturated rings. The summed E-state index contributed by atoms with van der Waals surface area (Å²) in [6.07, 6.45) is 2.72. The molecule has 0 aromatic heterocycles. The van der Waals surface area contributed by atoms with Crippen molar-refractivity contribution in [2.24, 2.45) is 0 Å². The van der Waals surface area contributed by atoms with Crippen LogP contribution in [-0.2, 0) is 26.5 Å². The lowest BCUT2D eigenvalue weighted by atomic mass is 9.98. The number of nitrogens with one attached hydrogen (secondary N) is 1. The first-order chi connectivity index (χ1) is 12.2. The SMILES string of the molecule is CN(C)S(=O)(=O)c1cccc(NS(=O)(=O)C2=Cc3ccccc3CC2)c1. The summed E-state index contributed by atoms with van der Waals surface area (Å²) in [7, 11) is -4.54. The quantitative estimate of drug-likeness (QED) is 0.848. The topological polar surface area (TPSA) is 83.6 Å². The van der Waals surface area contributed by atoms with Gasteiger partial charge in [-0.3, -0.25) is 4.72 Å². The lowest BCUT2D eigenvalue weighted by molar-refractivity contribution is 0.521. The highest BCUT2D eigenvalue weighted by molar-refractivity contribution is 7.96. The van der Waals surface area contributed by atoms with E-state index in [1.807, 2.05) is 24.3 Å². The molecule has 0 saturated heterocycles. The van der Waals surface area contributed by atoms with Gasteiger partial charge in [-0.15, -0.1) is 0 Å². The largest absolute Gasteiger partial charge is 0.280 e. The van der Waals surface area contributed by atoms with Crippen molar-refractivity contribution in [1.29, 1.82) is 0 Å². The summed E-state index contributed by atoms with van der Waals surface area (Å²) in [5.41, 5.74) is 2.22. The molecule has 3 rings (SSSR count). The molecule has 0 aliphatic heterocycles. The van der Waals surface area contributed by atoms with Gasteiger partial charge in [-0.1, -0.05) is 30.3 Å². The van der Waals surface area contributed by atoms with E-state index in [2.05, 4.69) is 4.72 Å². The zero-order valence-corrected chi connectivity index (χ0v) is 16.1. The number of nitrogens with zero attached hydrogens (tertiary/aromatic N) is 1. The fourth-order valence-corrected chi connectivity index (χ4v) is 4.94. The summed E-state index contributed by atoms with van der Waals surface area (Å²) < 4.78 is 53.5. The maximum absolute atomic E-state index is 12.7. The molecular weight excluding hydrogens is 372 g/mol. The zero-order valence-electron chi connectivity index (χ0n) is 14.5. The summed E-state index contributed by atoms with van der Waals surface area (Å²) in [6.45, 7) is 0. The number of fused-ring (bicyclic) bond motifs is 1. The fourth-order valence-electron chi connectivity index (χ4n) is 2.77. The van der Waals surface area contributed by atoms with Crippen molar-refractivity contribution >= 4 is 31.8 Å². The lowest BCUT2D eigenvalue weighted by Crippen LogP contribution is -2.22. The van der Waals surface area contributed by atoms with Gasteiger partial charge in [0.25, 0.3) is 10.0 Å². The van der Waals surface area contributed by atoms with E-state index in [4.69, 9.17) is 0 Å². The maximum Gasteiger partial charge on any atom is 0.258 e. The average Bonchev–Trinajstić information content (AvgIpc) is 2.61. The molecule has 0 spiro atoms. The van der Waals surface area contributed by atoms with Crippen molar-refractivity contribution < 1.29 is 16.8 Å². The Kier molecular flexibility index (Phi) is 4.92. The van der Waals surface area contributed by atoms with Crippen molar-refractivity contribution in [3.8, 4) is 0 Å². The normalized spacial score (nSPS) is 14.7. The monoisotopic (exact) mass is 392 g/mol. The van der Waals surface area contributed by atoms with E-state index in [-0.39, 0.29) is 15.5 Å². The second-order valence-corrected chi connectivity index (χ2v) is 10.1. The number of aryl methyl sites for hydroxylation is 1. The van der Waals surface area contributed by atoms with Gasteiger partial charge in [-0.25, -0.2) is 21.1 Å². The highest BCUT2D eigenvalue weighted by Crippen LogP contribution is 2.28. The van der Waals surface area contributed by atoms with Crippen LogP contribution < -0.4 is 4.72 Å². The van der Waals surface area contributed by atoms with Gasteiger partial charge in [0.05, 0.1) is 15.5 Å². The fraction of sp³-hybridized carbons (Fsp3) is 0.222. The van der Waals surface area contributed by atoms with Gasteiger partial charge in [0.2, 0.25) is 10.0 Å². The number of anilines is 1. The number of benzene rings is 2. The summed E-state index contributed by atoms with van der Waals surface area (Å²) >= 11 is 0. The molecule has 0 bridgehead atoms. The van der Waals surface area contributed by atoms with Crippen LogP contribution in [-0.4, -0.2) is 35.2 Å². The van der Waals surface area contributed by atoms with Gasteiger partial charge in [0.1, 0.15) is 0 Å². The Morgan fingerprint density at radius 2 is 1.65 bits per heavy atom. The Morgan fingerprint density at radius 3 is 2.38 bits per heavy atom. The Hall–Kier alpha value is -2.16. The van der Waals surface area contributed by atoms with E-state index >= 15 is 0 Å². The molecule has 0 amide bonds. The van der Waals surface area contributed by atoms with Gasteiger partial charge in [-0.2, -0.15) is 0 Å². The Balaban J connectivity index is 1.91. The van der Waals surface area contributed by atoms with E-state index in [1.165, 1.54) is 38.4 Å². The van der Waals surface area contributed by atoms with Crippen molar-refractivity contribution in [2.45, 2.75) is 17.7 Å². The van der Waals surface area contributed by atoms with E-state index in [9.17, 15) is 16.8 Å². The molecule has 8 heteroatoms. The van der Waals surface area contributed by atoms with E-state index < -0.39 is 20.0 Å². The molecular formula is C18H20N2O4S2. The molecule has 6 nitrogen and oxygen atoms in total. The number of rotatable bonds is 5. The summed E-state index contributed by atoms with van der Waals surface area (Å²) in [5, 5.41) is 0. The molecule has 2 aromatic rings. The minimum Gasteiger partial charge on any atom is -0.280 e. The van der Waals surface area contributed by atoms with Crippen molar-refractivity contribution in [3.05, 3.63) is 64.6 Å². The molecule has 26 heavy (non-hydrogen) atoms. The zero-order chi connectivity index (χ0) is 18.9. The average molecular weight is 393 g/mol. The third-order valence-corrected chi connectivity index (χ3v) is 7.55. The summed E-state index contributed by atoms with van der Waals surface area (Å²) in [5.74, 6) is 0. The third-order valence-electron chi connectivity index (χ3n) is 4.22. The minimum absolute atomic E-state index is 0.0330. The standard InChI is InChI=1S/C18H20N2O4S2/c1-20(2)26(23,24)18-9-5-8-16(13-18)19-25(21,22)17-11-10-14-6-3-4-7-15(14)12-17/h3-9,12-13,19H,10-11H2,1-2H3. The van der Waals surface area contributed by atoms with Gasteiger partial charge in [0.15, 0.2) is 0 Å². The van der Waals surface area contributed by atoms with E-state index in [1.54, 1.807) is 6.08 Å². The van der Waals surface area contributed by atoms with E-state index in [0.29, 0.717) is 12.8 Å². The Morgan fingerprint density at radius 1 is 0.923 bits per heavy atom. The van der Waals surface area contributed by atoms with Crippen LogP contribution in [0.5, 0.6) is 0 Å². The van der Waals surface area contributed by atoms with Gasteiger partial charge in [-0.05, 0) is 48.2 Å². The number of allylic oxidation sites excluding steroid dienone is 1. The first kappa shape index (κ1) is 18.6. The van der Waals surface area contributed by atoms with Gasteiger partial charge in [0, 0.05) is 14.1 Å². The van der Waals surface area contributed by atoms with Crippen molar-refractivity contribution in [2.75, 3.05) is 18.8 Å². The molecule has 0 atom stereocenters. The first-order valence-corrected chi connectivity index (χ1v) is 11.0. The van der Waals surface area contributed by atoms with Crippen LogP contribution in [0.3, 0.4) is 0 Å². The Labute approximate surface area is 154 Å². The predicted octanol–water partition coefficient (Wildman–Crippen LogP) is 2.67. The number of sulfonamides is 2. The number of hydrogen-bond donors (Lipinski definition) is 1. The Bertz CT molecular complexity index is 1070.